The summed E-state index contributed by atoms with van der Waals surface area (Å²) in [6.45, 7) is 3.89. The van der Waals surface area contributed by atoms with Crippen LogP contribution in [0.1, 0.15) is 22.8 Å². The fraction of sp³-hybridized carbons (Fsp3) is 0.462. The van der Waals surface area contributed by atoms with Gasteiger partial charge in [0.2, 0.25) is 0 Å². The van der Waals surface area contributed by atoms with E-state index in [9.17, 15) is 9.70 Å². The molecule has 1 aromatic carbocycles. The average molecular weight is 264 g/mol. The first kappa shape index (κ1) is 13.1. The highest BCUT2D eigenvalue weighted by atomic mass is 32.2. The first-order valence-corrected chi connectivity index (χ1v) is 7.25. The summed E-state index contributed by atoms with van der Waals surface area (Å²) in [5.41, 5.74) is 2.46. The normalized spacial score (nSPS) is 15.5. The summed E-state index contributed by atoms with van der Waals surface area (Å²) >= 11 is 1.92. The molecule has 0 N–H and O–H groups in total. The van der Waals surface area contributed by atoms with Gasteiger partial charge in [0.05, 0.1) is 11.3 Å². The predicted molar refractivity (Wildman–Crippen MR) is 75.5 cm³/mol. The zero-order valence-corrected chi connectivity index (χ0v) is 11.2. The lowest BCUT2D eigenvalue weighted by molar-refractivity contribution is 0.100. The second-order valence-electron chi connectivity index (χ2n) is 4.16. The van der Waals surface area contributed by atoms with E-state index >= 15 is 0 Å². The first-order chi connectivity index (χ1) is 8.77. The Balaban J connectivity index is 2.46. The molecule has 1 heterocycles. The highest BCUT2D eigenvalue weighted by Crippen LogP contribution is 2.29. The molecule has 1 aliphatic heterocycles. The Hall–Kier alpha value is -1.36. The van der Waals surface area contributed by atoms with Gasteiger partial charge < -0.3 is 4.90 Å². The van der Waals surface area contributed by atoms with Crippen molar-refractivity contribution in [3.8, 4) is 0 Å². The molecule has 0 aromatic heterocycles. The minimum Gasteiger partial charge on any atom is -0.369 e. The number of hydrogen-bond donors (Lipinski definition) is 0. The smallest absolute Gasteiger partial charge is 0.318 e. The highest BCUT2D eigenvalue weighted by molar-refractivity contribution is 7.99. The predicted octanol–water partition coefficient (Wildman–Crippen LogP) is 2.71. The van der Waals surface area contributed by atoms with Gasteiger partial charge in [-0.2, -0.15) is 11.8 Å². The molecular weight excluding hydrogens is 248 g/mol. The number of thioether (sulfide) groups is 1. The van der Waals surface area contributed by atoms with Crippen molar-refractivity contribution in [3.05, 3.63) is 34.2 Å². The quantitative estimate of drug-likeness (QED) is 0.788. The van der Waals surface area contributed by atoms with E-state index in [0.717, 1.165) is 42.3 Å². The van der Waals surface area contributed by atoms with Gasteiger partial charge >= 0.3 is 5.91 Å². The van der Waals surface area contributed by atoms with Gasteiger partial charge in [0, 0.05) is 29.8 Å². The standard InChI is InChI=1S/C13H16N2O2S/c1-2-10-4-3-5-11(13(16)14-17)12(10)15-6-8-18-9-7-15/h3-5H,2,6-9H2,1H3. The number of rotatable bonds is 3. The van der Waals surface area contributed by atoms with E-state index in [1.807, 2.05) is 23.9 Å². The van der Waals surface area contributed by atoms with E-state index < -0.39 is 5.91 Å². The number of nitroso groups, excluding NO2 is 1. The molecule has 96 valence electrons. The van der Waals surface area contributed by atoms with E-state index in [1.54, 1.807) is 6.07 Å². The second kappa shape index (κ2) is 6.00. The zero-order chi connectivity index (χ0) is 13.0. The van der Waals surface area contributed by atoms with Crippen molar-refractivity contribution in [1.82, 2.24) is 0 Å². The number of hydrogen-bond acceptors (Lipinski definition) is 4. The number of benzene rings is 1. The molecule has 18 heavy (non-hydrogen) atoms. The molecule has 2 rings (SSSR count). The summed E-state index contributed by atoms with van der Waals surface area (Å²) in [6.07, 6.45) is 0.846. The third-order valence-electron chi connectivity index (χ3n) is 3.14. The fourth-order valence-electron chi connectivity index (χ4n) is 2.26. The molecular formula is C13H16N2O2S. The number of amides is 1. The van der Waals surface area contributed by atoms with E-state index in [-0.39, 0.29) is 0 Å². The van der Waals surface area contributed by atoms with Crippen molar-refractivity contribution < 1.29 is 4.79 Å². The Bertz CT molecular complexity index is 456. The van der Waals surface area contributed by atoms with Crippen molar-refractivity contribution in [1.29, 1.82) is 0 Å². The van der Waals surface area contributed by atoms with Crippen LogP contribution in [-0.2, 0) is 6.42 Å². The van der Waals surface area contributed by atoms with Gasteiger partial charge in [-0.25, -0.2) is 0 Å². The maximum Gasteiger partial charge on any atom is 0.318 e. The largest absolute Gasteiger partial charge is 0.369 e. The van der Waals surface area contributed by atoms with Crippen LogP contribution < -0.4 is 4.90 Å². The SMILES string of the molecule is CCc1cccc(C(=O)N=O)c1N1CCSCC1. The van der Waals surface area contributed by atoms with Gasteiger partial charge in [-0.3, -0.25) is 4.79 Å². The minimum absolute atomic E-state index is 0.441. The lowest BCUT2D eigenvalue weighted by Gasteiger charge is -2.31. The van der Waals surface area contributed by atoms with Crippen LogP contribution in [0.15, 0.2) is 23.4 Å². The van der Waals surface area contributed by atoms with Gasteiger partial charge in [0.15, 0.2) is 0 Å². The molecule has 1 fully saturated rings. The lowest BCUT2D eigenvalue weighted by atomic mass is 10.0. The third kappa shape index (κ3) is 2.56. The molecule has 4 nitrogen and oxygen atoms in total. The second-order valence-corrected chi connectivity index (χ2v) is 5.39. The van der Waals surface area contributed by atoms with Crippen LogP contribution in [-0.4, -0.2) is 30.5 Å². The molecule has 0 atom stereocenters. The third-order valence-corrected chi connectivity index (χ3v) is 4.08. The van der Waals surface area contributed by atoms with Crippen LogP contribution >= 0.6 is 11.8 Å². The Morgan fingerprint density at radius 1 is 1.39 bits per heavy atom. The van der Waals surface area contributed by atoms with Gasteiger partial charge in [-0.05, 0) is 18.1 Å². The number of nitrogens with zero attached hydrogens (tertiary/aromatic N) is 2. The van der Waals surface area contributed by atoms with E-state index in [0.29, 0.717) is 5.56 Å². The van der Waals surface area contributed by atoms with Crippen LogP contribution in [0, 0.1) is 4.91 Å². The van der Waals surface area contributed by atoms with E-state index in [1.165, 1.54) is 0 Å². The number of aryl methyl sites for hydroxylation is 1. The summed E-state index contributed by atoms with van der Waals surface area (Å²) in [5, 5.41) is 2.57. The highest BCUT2D eigenvalue weighted by Gasteiger charge is 2.21. The summed E-state index contributed by atoms with van der Waals surface area (Å²) < 4.78 is 0. The molecule has 0 aliphatic carbocycles. The summed E-state index contributed by atoms with van der Waals surface area (Å²) in [5.74, 6) is 1.44. The molecule has 1 saturated heterocycles. The van der Waals surface area contributed by atoms with Crippen molar-refractivity contribution in [2.75, 3.05) is 29.5 Å². The summed E-state index contributed by atoms with van der Waals surface area (Å²) in [4.78, 5) is 24.4. The number of carbonyl (C=O) groups is 1. The van der Waals surface area contributed by atoms with Crippen LogP contribution in [0.3, 0.4) is 0 Å². The van der Waals surface area contributed by atoms with Crippen molar-refractivity contribution in [2.45, 2.75) is 13.3 Å². The number of para-hydroxylation sites is 1. The van der Waals surface area contributed by atoms with Crippen LogP contribution in [0.4, 0.5) is 5.69 Å². The molecule has 0 spiro atoms. The molecule has 5 heteroatoms. The van der Waals surface area contributed by atoms with Crippen LogP contribution in [0.25, 0.3) is 0 Å². The van der Waals surface area contributed by atoms with Crippen molar-refractivity contribution in [2.24, 2.45) is 5.18 Å². The monoisotopic (exact) mass is 264 g/mol. The number of anilines is 1. The molecule has 0 saturated carbocycles. The van der Waals surface area contributed by atoms with Gasteiger partial charge in [0.25, 0.3) is 0 Å². The Morgan fingerprint density at radius 3 is 2.72 bits per heavy atom. The Labute approximate surface area is 111 Å². The molecule has 0 radical (unpaired) electrons. The van der Waals surface area contributed by atoms with Crippen LogP contribution in [0.2, 0.25) is 0 Å². The first-order valence-electron chi connectivity index (χ1n) is 6.10. The molecule has 1 amide bonds. The summed E-state index contributed by atoms with van der Waals surface area (Å²) in [6, 6.07) is 5.53. The maximum absolute atomic E-state index is 11.6. The van der Waals surface area contributed by atoms with E-state index in [4.69, 9.17) is 0 Å². The van der Waals surface area contributed by atoms with Crippen molar-refractivity contribution in [3.63, 3.8) is 0 Å². The van der Waals surface area contributed by atoms with Crippen molar-refractivity contribution >= 4 is 23.4 Å². The van der Waals surface area contributed by atoms with Gasteiger partial charge in [0.1, 0.15) is 0 Å². The van der Waals surface area contributed by atoms with E-state index in [2.05, 4.69) is 17.0 Å². The molecule has 0 bridgehead atoms. The fourth-order valence-corrected chi connectivity index (χ4v) is 3.16. The lowest BCUT2D eigenvalue weighted by Crippen LogP contribution is -2.34. The Kier molecular flexibility index (Phi) is 4.36. The average Bonchev–Trinajstić information content (AvgIpc) is 2.46. The Morgan fingerprint density at radius 2 is 2.11 bits per heavy atom. The molecule has 1 aromatic rings. The minimum atomic E-state index is -0.668. The van der Waals surface area contributed by atoms with Gasteiger partial charge in [-0.15, -0.1) is 4.91 Å². The molecule has 1 aliphatic rings. The maximum atomic E-state index is 11.6. The number of carbonyl (C=O) groups excluding carboxylic acids is 1. The summed E-state index contributed by atoms with van der Waals surface area (Å²) in [7, 11) is 0. The zero-order valence-electron chi connectivity index (χ0n) is 10.4. The topological polar surface area (TPSA) is 49.7 Å². The molecule has 0 unspecified atom stereocenters. The van der Waals surface area contributed by atoms with Crippen LogP contribution in [0.5, 0.6) is 0 Å². The van der Waals surface area contributed by atoms with Gasteiger partial charge in [-0.1, -0.05) is 19.1 Å².